The number of hydrogen-bond acceptors (Lipinski definition) is 3. The molecule has 0 saturated heterocycles. The summed E-state index contributed by atoms with van der Waals surface area (Å²) in [6.07, 6.45) is 5.51. The van der Waals surface area contributed by atoms with E-state index in [9.17, 15) is 15.0 Å². The summed E-state index contributed by atoms with van der Waals surface area (Å²) in [5, 5.41) is 19.3. The first-order valence-electron chi connectivity index (χ1n) is 6.61. The summed E-state index contributed by atoms with van der Waals surface area (Å²) >= 11 is 1.94. The molecule has 1 heterocycles. The molecule has 0 atom stereocenters. The Morgan fingerprint density at radius 1 is 1.38 bits per heavy atom. The summed E-state index contributed by atoms with van der Waals surface area (Å²) in [6, 6.07) is 5.09. The lowest BCUT2D eigenvalue weighted by Gasteiger charge is -2.16. The van der Waals surface area contributed by atoms with E-state index >= 15 is 0 Å². The van der Waals surface area contributed by atoms with E-state index in [-0.39, 0.29) is 11.3 Å². The lowest BCUT2D eigenvalue weighted by atomic mass is 10.1. The van der Waals surface area contributed by atoms with Gasteiger partial charge in [-0.25, -0.2) is 4.79 Å². The second-order valence-electron chi connectivity index (χ2n) is 4.53. The molecule has 2 rings (SSSR count). The van der Waals surface area contributed by atoms with Crippen molar-refractivity contribution in [2.24, 2.45) is 0 Å². The Kier molecular flexibility index (Phi) is 5.11. The first-order chi connectivity index (χ1) is 10.1. The number of carboxylic acids is 1. The maximum Gasteiger partial charge on any atom is 0.339 e. The molecule has 0 spiro atoms. The minimum Gasteiger partial charge on any atom is -0.506 e. The van der Waals surface area contributed by atoms with E-state index in [4.69, 9.17) is 4.74 Å². The Morgan fingerprint density at radius 2 is 2.05 bits per heavy atom. The van der Waals surface area contributed by atoms with Gasteiger partial charge in [0, 0.05) is 18.5 Å². The standard InChI is InChI=1S/C15H16INO4/c1-2-3-8-21-11-9-10(15(19)20)14(18)12(16)13(11)17-6-4-5-7-17/h4-7,9,18H,2-3,8H2,1H3,(H,19,20). The van der Waals surface area contributed by atoms with Gasteiger partial charge in [0.1, 0.15) is 22.7 Å². The number of benzene rings is 1. The smallest absolute Gasteiger partial charge is 0.339 e. The normalized spacial score (nSPS) is 10.6. The number of carboxylic acid groups (broad SMARTS) is 1. The van der Waals surface area contributed by atoms with Gasteiger partial charge >= 0.3 is 5.97 Å². The SMILES string of the molecule is CCCCOc1cc(C(=O)O)c(O)c(I)c1-n1cccc1. The van der Waals surface area contributed by atoms with Gasteiger partial charge in [0.05, 0.1) is 10.2 Å². The van der Waals surface area contributed by atoms with Crippen LogP contribution >= 0.6 is 22.6 Å². The Hall–Kier alpha value is -1.70. The molecule has 112 valence electrons. The predicted octanol–water partition coefficient (Wildman–Crippen LogP) is 3.66. The van der Waals surface area contributed by atoms with Crippen molar-refractivity contribution >= 4 is 28.6 Å². The van der Waals surface area contributed by atoms with Crippen molar-refractivity contribution in [3.05, 3.63) is 39.7 Å². The lowest BCUT2D eigenvalue weighted by molar-refractivity contribution is 0.0693. The van der Waals surface area contributed by atoms with E-state index in [0.29, 0.717) is 21.6 Å². The van der Waals surface area contributed by atoms with E-state index < -0.39 is 5.97 Å². The lowest BCUT2D eigenvalue weighted by Crippen LogP contribution is -2.07. The van der Waals surface area contributed by atoms with E-state index in [1.54, 1.807) is 4.57 Å². The van der Waals surface area contributed by atoms with Crippen LogP contribution < -0.4 is 4.74 Å². The number of hydrogen-bond donors (Lipinski definition) is 2. The monoisotopic (exact) mass is 401 g/mol. The van der Waals surface area contributed by atoms with Crippen LogP contribution in [0.5, 0.6) is 11.5 Å². The maximum absolute atomic E-state index is 11.2. The number of phenols is 1. The molecule has 0 radical (unpaired) electrons. The first kappa shape index (κ1) is 15.7. The molecular formula is C15H16INO4. The predicted molar refractivity (Wildman–Crippen MR) is 87.5 cm³/mol. The molecule has 0 amide bonds. The molecular weight excluding hydrogens is 385 g/mol. The van der Waals surface area contributed by atoms with Crippen molar-refractivity contribution in [2.75, 3.05) is 6.61 Å². The average Bonchev–Trinajstić information content (AvgIpc) is 2.96. The zero-order valence-corrected chi connectivity index (χ0v) is 13.7. The summed E-state index contributed by atoms with van der Waals surface area (Å²) < 4.78 is 7.98. The number of carbonyl (C=O) groups is 1. The van der Waals surface area contributed by atoms with Crippen molar-refractivity contribution in [3.8, 4) is 17.2 Å². The highest BCUT2D eigenvalue weighted by Crippen LogP contribution is 2.37. The fourth-order valence-corrected chi connectivity index (χ4v) is 2.76. The molecule has 0 aliphatic carbocycles. The highest BCUT2D eigenvalue weighted by molar-refractivity contribution is 14.1. The van der Waals surface area contributed by atoms with E-state index in [1.807, 2.05) is 47.1 Å². The number of aromatic nitrogens is 1. The second kappa shape index (κ2) is 6.84. The van der Waals surface area contributed by atoms with Crippen molar-refractivity contribution in [2.45, 2.75) is 19.8 Å². The number of aromatic carboxylic acids is 1. The van der Waals surface area contributed by atoms with Gasteiger partial charge in [0.25, 0.3) is 0 Å². The molecule has 0 aliphatic rings. The van der Waals surface area contributed by atoms with Gasteiger partial charge in [-0.1, -0.05) is 13.3 Å². The molecule has 2 N–H and O–H groups in total. The number of halogens is 1. The number of rotatable bonds is 6. The van der Waals surface area contributed by atoms with Crippen LogP contribution in [0.25, 0.3) is 5.69 Å². The molecule has 1 aromatic heterocycles. The Morgan fingerprint density at radius 3 is 2.62 bits per heavy atom. The van der Waals surface area contributed by atoms with Crippen molar-refractivity contribution in [1.29, 1.82) is 0 Å². The van der Waals surface area contributed by atoms with Gasteiger partial charge in [-0.3, -0.25) is 0 Å². The van der Waals surface area contributed by atoms with Crippen LogP contribution in [0.3, 0.4) is 0 Å². The Balaban J connectivity index is 2.55. The van der Waals surface area contributed by atoms with Gasteiger partial charge < -0.3 is 19.5 Å². The minimum absolute atomic E-state index is 0.151. The highest BCUT2D eigenvalue weighted by Gasteiger charge is 2.21. The van der Waals surface area contributed by atoms with Crippen LogP contribution in [0.1, 0.15) is 30.1 Å². The van der Waals surface area contributed by atoms with Gasteiger partial charge in [0.15, 0.2) is 0 Å². The first-order valence-corrected chi connectivity index (χ1v) is 7.69. The summed E-state index contributed by atoms with van der Waals surface area (Å²) in [5.74, 6) is -0.960. The second-order valence-corrected chi connectivity index (χ2v) is 5.61. The minimum atomic E-state index is -1.18. The van der Waals surface area contributed by atoms with Gasteiger partial charge in [-0.15, -0.1) is 0 Å². The van der Waals surface area contributed by atoms with Crippen LogP contribution in [0.2, 0.25) is 0 Å². The van der Waals surface area contributed by atoms with E-state index in [1.165, 1.54) is 6.07 Å². The number of aromatic hydroxyl groups is 1. The number of ether oxygens (including phenoxy) is 1. The molecule has 6 heteroatoms. The zero-order valence-electron chi connectivity index (χ0n) is 11.5. The van der Waals surface area contributed by atoms with E-state index in [0.717, 1.165) is 12.8 Å². The molecule has 0 bridgehead atoms. The maximum atomic E-state index is 11.2. The van der Waals surface area contributed by atoms with Gasteiger partial charge in [-0.2, -0.15) is 0 Å². The van der Waals surface area contributed by atoms with Crippen LogP contribution in [0.15, 0.2) is 30.6 Å². The molecule has 5 nitrogen and oxygen atoms in total. The molecule has 0 saturated carbocycles. The topological polar surface area (TPSA) is 71.7 Å². The third-order valence-electron chi connectivity index (χ3n) is 3.03. The molecule has 0 aliphatic heterocycles. The third-order valence-corrected chi connectivity index (χ3v) is 4.05. The van der Waals surface area contributed by atoms with Crippen LogP contribution in [-0.2, 0) is 0 Å². The van der Waals surface area contributed by atoms with Crippen LogP contribution in [-0.4, -0.2) is 27.4 Å². The number of unbranched alkanes of at least 4 members (excludes halogenated alkanes) is 1. The van der Waals surface area contributed by atoms with E-state index in [2.05, 4.69) is 6.92 Å². The Labute approximate surface area is 136 Å². The van der Waals surface area contributed by atoms with Crippen LogP contribution in [0, 0.1) is 3.57 Å². The van der Waals surface area contributed by atoms with Crippen molar-refractivity contribution in [3.63, 3.8) is 0 Å². The fraction of sp³-hybridized carbons (Fsp3) is 0.267. The molecule has 2 aromatic rings. The molecule has 21 heavy (non-hydrogen) atoms. The van der Waals surface area contributed by atoms with Crippen molar-refractivity contribution in [1.82, 2.24) is 4.57 Å². The average molecular weight is 401 g/mol. The third kappa shape index (κ3) is 3.31. The zero-order chi connectivity index (χ0) is 15.4. The molecule has 0 unspecified atom stereocenters. The van der Waals surface area contributed by atoms with Gasteiger partial charge in [0.2, 0.25) is 0 Å². The largest absolute Gasteiger partial charge is 0.506 e. The van der Waals surface area contributed by atoms with Gasteiger partial charge in [-0.05, 0) is 41.1 Å². The molecule has 1 aromatic carbocycles. The number of nitrogens with zero attached hydrogens (tertiary/aromatic N) is 1. The summed E-state index contributed by atoms with van der Waals surface area (Å²) in [4.78, 5) is 11.2. The molecule has 0 fully saturated rings. The summed E-state index contributed by atoms with van der Waals surface area (Å²) in [5.41, 5.74) is 0.501. The van der Waals surface area contributed by atoms with Crippen LogP contribution in [0.4, 0.5) is 0 Å². The summed E-state index contributed by atoms with van der Waals surface area (Å²) in [6.45, 7) is 2.56. The summed E-state index contributed by atoms with van der Waals surface area (Å²) in [7, 11) is 0. The Bertz CT molecular complexity index is 638. The van der Waals surface area contributed by atoms with Crippen molar-refractivity contribution < 1.29 is 19.7 Å². The quantitative estimate of drug-likeness (QED) is 0.573. The highest BCUT2D eigenvalue weighted by atomic mass is 127. The fourth-order valence-electron chi connectivity index (χ4n) is 1.93.